The predicted octanol–water partition coefficient (Wildman–Crippen LogP) is 7.35. The number of hydrogen-bond acceptors (Lipinski definition) is 3. The fourth-order valence-corrected chi connectivity index (χ4v) is 4.35. The van der Waals surface area contributed by atoms with E-state index in [9.17, 15) is 14.7 Å². The van der Waals surface area contributed by atoms with Crippen molar-refractivity contribution in [3.8, 4) is 5.75 Å². The Morgan fingerprint density at radius 2 is 1.69 bits per heavy atom. The fraction of sp³-hybridized carbons (Fsp3) is 0.548. The average Bonchev–Trinajstić information content (AvgIpc) is 2.77. The fourth-order valence-electron chi connectivity index (χ4n) is 4.35. The highest BCUT2D eigenvalue weighted by Crippen LogP contribution is 2.36. The minimum Gasteiger partial charge on any atom is -0.507 e. The first-order valence-electron chi connectivity index (χ1n) is 13.2. The van der Waals surface area contributed by atoms with E-state index >= 15 is 0 Å². The van der Waals surface area contributed by atoms with Gasteiger partial charge in [0, 0.05) is 24.1 Å². The van der Waals surface area contributed by atoms with Crippen molar-refractivity contribution in [3.63, 3.8) is 0 Å². The van der Waals surface area contributed by atoms with Gasteiger partial charge in [0.05, 0.1) is 0 Å². The van der Waals surface area contributed by atoms with E-state index in [4.69, 9.17) is 0 Å². The smallest absolute Gasteiger partial charge is 0.225 e. The molecule has 1 atom stereocenters. The Morgan fingerprint density at radius 1 is 1.00 bits per heavy atom. The summed E-state index contributed by atoms with van der Waals surface area (Å²) in [5, 5.41) is 16.9. The van der Waals surface area contributed by atoms with Gasteiger partial charge in [-0.15, -0.1) is 0 Å². The SMILES string of the molecule is CCCCCC(CC(=O)Nc1cc(CNC(=O)C(C)(C)C)ccc1C(C)(C)C)c1cccc(C)c1O. The molecule has 0 aliphatic carbocycles. The zero-order valence-electron chi connectivity index (χ0n) is 23.5. The van der Waals surface area contributed by atoms with Gasteiger partial charge in [-0.1, -0.05) is 98.1 Å². The van der Waals surface area contributed by atoms with Crippen LogP contribution in [0.4, 0.5) is 5.69 Å². The number of anilines is 1. The van der Waals surface area contributed by atoms with Gasteiger partial charge in [0.1, 0.15) is 5.75 Å². The van der Waals surface area contributed by atoms with Crippen molar-refractivity contribution in [2.24, 2.45) is 5.41 Å². The Labute approximate surface area is 218 Å². The van der Waals surface area contributed by atoms with Crippen LogP contribution in [0.5, 0.6) is 5.75 Å². The predicted molar refractivity (Wildman–Crippen MR) is 149 cm³/mol. The Kier molecular flexibility index (Phi) is 10.2. The third kappa shape index (κ3) is 8.39. The van der Waals surface area contributed by atoms with E-state index in [1.54, 1.807) is 0 Å². The van der Waals surface area contributed by atoms with Crippen molar-refractivity contribution < 1.29 is 14.7 Å². The number of amides is 2. The molecule has 0 spiro atoms. The summed E-state index contributed by atoms with van der Waals surface area (Å²) in [5.41, 5.74) is 3.80. The van der Waals surface area contributed by atoms with Gasteiger partial charge in [0.2, 0.25) is 11.8 Å². The summed E-state index contributed by atoms with van der Waals surface area (Å²) in [4.78, 5) is 25.7. The zero-order valence-corrected chi connectivity index (χ0v) is 23.5. The highest BCUT2D eigenvalue weighted by Gasteiger charge is 2.24. The number of unbranched alkanes of at least 4 members (excludes halogenated alkanes) is 2. The van der Waals surface area contributed by atoms with Crippen LogP contribution >= 0.6 is 0 Å². The molecule has 0 aliphatic rings. The average molecular weight is 495 g/mol. The quantitative estimate of drug-likeness (QED) is 0.302. The second-order valence-corrected chi connectivity index (χ2v) is 12.0. The Bertz CT molecular complexity index is 1040. The van der Waals surface area contributed by atoms with E-state index in [1.165, 1.54) is 0 Å². The third-order valence-corrected chi connectivity index (χ3v) is 6.60. The lowest BCUT2D eigenvalue weighted by Gasteiger charge is -2.25. The Balaban J connectivity index is 2.28. The van der Waals surface area contributed by atoms with Crippen molar-refractivity contribution in [3.05, 3.63) is 58.7 Å². The molecule has 0 radical (unpaired) electrons. The number of nitrogens with one attached hydrogen (secondary N) is 2. The second-order valence-electron chi connectivity index (χ2n) is 12.0. The van der Waals surface area contributed by atoms with Crippen LogP contribution in [0.1, 0.15) is 109 Å². The monoisotopic (exact) mass is 494 g/mol. The molecular formula is C31H46N2O3. The number of aryl methyl sites for hydroxylation is 1. The summed E-state index contributed by atoms with van der Waals surface area (Å²) >= 11 is 0. The van der Waals surface area contributed by atoms with Crippen LogP contribution in [-0.2, 0) is 21.5 Å². The molecule has 0 aliphatic heterocycles. The van der Waals surface area contributed by atoms with Crippen LogP contribution in [0.25, 0.3) is 0 Å². The molecule has 0 saturated carbocycles. The van der Waals surface area contributed by atoms with E-state index in [2.05, 4.69) is 38.3 Å². The Hall–Kier alpha value is -2.82. The van der Waals surface area contributed by atoms with Crippen molar-refractivity contribution in [2.45, 2.75) is 105 Å². The van der Waals surface area contributed by atoms with Crippen LogP contribution < -0.4 is 10.6 Å². The molecule has 1 unspecified atom stereocenters. The van der Waals surface area contributed by atoms with Gasteiger partial charge in [0.25, 0.3) is 0 Å². The topological polar surface area (TPSA) is 78.4 Å². The van der Waals surface area contributed by atoms with Gasteiger partial charge in [-0.05, 0) is 53.0 Å². The zero-order chi connectivity index (χ0) is 27.1. The lowest BCUT2D eigenvalue weighted by Crippen LogP contribution is -2.34. The maximum Gasteiger partial charge on any atom is 0.225 e. The summed E-state index contributed by atoms with van der Waals surface area (Å²) in [5.74, 6) is 0.155. The number of carbonyl (C=O) groups excluding carboxylic acids is 2. The Morgan fingerprint density at radius 3 is 2.31 bits per heavy atom. The first-order valence-corrected chi connectivity index (χ1v) is 13.2. The number of phenols is 1. The van der Waals surface area contributed by atoms with Gasteiger partial charge >= 0.3 is 0 Å². The number of benzene rings is 2. The van der Waals surface area contributed by atoms with Crippen LogP contribution in [0, 0.1) is 12.3 Å². The molecule has 2 aromatic carbocycles. The molecule has 2 aromatic rings. The molecule has 5 nitrogen and oxygen atoms in total. The number of hydrogen-bond donors (Lipinski definition) is 3. The van der Waals surface area contributed by atoms with Gasteiger partial charge in [-0.25, -0.2) is 0 Å². The summed E-state index contributed by atoms with van der Waals surface area (Å²) < 4.78 is 0. The van der Waals surface area contributed by atoms with E-state index in [-0.39, 0.29) is 23.1 Å². The number of rotatable bonds is 10. The van der Waals surface area contributed by atoms with Crippen molar-refractivity contribution in [1.29, 1.82) is 0 Å². The molecule has 0 fully saturated rings. The van der Waals surface area contributed by atoms with E-state index in [1.807, 2.05) is 64.1 Å². The first-order chi connectivity index (χ1) is 16.7. The minimum atomic E-state index is -0.462. The summed E-state index contributed by atoms with van der Waals surface area (Å²) in [6.07, 6.45) is 4.37. The first kappa shape index (κ1) is 29.4. The third-order valence-electron chi connectivity index (χ3n) is 6.60. The van der Waals surface area contributed by atoms with Gasteiger partial charge in [0.15, 0.2) is 0 Å². The maximum atomic E-state index is 13.4. The highest BCUT2D eigenvalue weighted by molar-refractivity contribution is 5.92. The summed E-state index contributed by atoms with van der Waals surface area (Å²) in [7, 11) is 0. The molecule has 5 heteroatoms. The molecule has 198 valence electrons. The second kappa shape index (κ2) is 12.4. The van der Waals surface area contributed by atoms with Crippen LogP contribution in [-0.4, -0.2) is 16.9 Å². The highest BCUT2D eigenvalue weighted by atomic mass is 16.3. The van der Waals surface area contributed by atoms with Gasteiger partial charge < -0.3 is 15.7 Å². The van der Waals surface area contributed by atoms with Gasteiger partial charge in [-0.3, -0.25) is 9.59 Å². The molecule has 0 heterocycles. The number of aromatic hydroxyl groups is 1. The van der Waals surface area contributed by atoms with E-state index < -0.39 is 5.41 Å². The number of para-hydroxylation sites is 1. The van der Waals surface area contributed by atoms with Crippen molar-refractivity contribution in [1.82, 2.24) is 5.32 Å². The van der Waals surface area contributed by atoms with Crippen LogP contribution in [0.15, 0.2) is 36.4 Å². The van der Waals surface area contributed by atoms with Crippen LogP contribution in [0.3, 0.4) is 0 Å². The van der Waals surface area contributed by atoms with E-state index in [0.29, 0.717) is 18.7 Å². The van der Waals surface area contributed by atoms with Crippen LogP contribution in [0.2, 0.25) is 0 Å². The normalized spacial score (nSPS) is 12.8. The lowest BCUT2D eigenvalue weighted by atomic mass is 9.84. The molecular weight excluding hydrogens is 448 g/mol. The molecule has 0 saturated heterocycles. The minimum absolute atomic E-state index is 0.0131. The molecule has 0 aromatic heterocycles. The van der Waals surface area contributed by atoms with Crippen molar-refractivity contribution >= 4 is 17.5 Å². The summed E-state index contributed by atoms with van der Waals surface area (Å²) in [6, 6.07) is 11.8. The molecule has 0 bridgehead atoms. The van der Waals surface area contributed by atoms with Gasteiger partial charge in [-0.2, -0.15) is 0 Å². The molecule has 2 amide bonds. The maximum absolute atomic E-state index is 13.4. The van der Waals surface area contributed by atoms with Crippen molar-refractivity contribution in [2.75, 3.05) is 5.32 Å². The lowest BCUT2D eigenvalue weighted by molar-refractivity contribution is -0.128. The molecule has 3 N–H and O–H groups in total. The largest absolute Gasteiger partial charge is 0.507 e. The van der Waals surface area contributed by atoms with E-state index in [0.717, 1.165) is 53.6 Å². The standard InChI is InChI=1S/C31H46N2O3/c1-9-10-11-14-23(24-15-12-13-21(2)28(24)35)19-27(34)33-26-18-22(16-17-25(26)30(3,4)5)20-32-29(36)31(6,7)8/h12-13,15-18,23,35H,9-11,14,19-20H2,1-8H3,(H,32,36)(H,33,34). The summed E-state index contributed by atoms with van der Waals surface area (Å²) in [6.45, 7) is 16.5. The number of phenolic OH excluding ortho intramolecular Hbond substituents is 1. The number of carbonyl (C=O) groups is 2. The molecule has 36 heavy (non-hydrogen) atoms. The molecule has 2 rings (SSSR count).